The number of epoxide rings is 1. The fraction of sp³-hybridized carbons (Fsp3) is 1.00. The lowest BCUT2D eigenvalue weighted by molar-refractivity contribution is -0.100. The lowest BCUT2D eigenvalue weighted by Gasteiger charge is -2.23. The highest BCUT2D eigenvalue weighted by Crippen LogP contribution is 2.42. The van der Waals surface area contributed by atoms with Gasteiger partial charge in [0, 0.05) is 5.92 Å². The Morgan fingerprint density at radius 1 is 1.14 bits per heavy atom. The van der Waals surface area contributed by atoms with E-state index in [1.807, 2.05) is 0 Å². The molecule has 14 heavy (non-hydrogen) atoms. The minimum atomic E-state index is -0.0242. The monoisotopic (exact) mass is 218 g/mol. The molecule has 1 aliphatic carbocycles. The summed E-state index contributed by atoms with van der Waals surface area (Å²) in [6, 6.07) is 0. The third-order valence-corrected chi connectivity index (χ3v) is 3.72. The van der Waals surface area contributed by atoms with E-state index in [1.165, 1.54) is 12.8 Å². The molecular formula is C10H15ClO3. The van der Waals surface area contributed by atoms with Crippen molar-refractivity contribution in [2.24, 2.45) is 5.92 Å². The van der Waals surface area contributed by atoms with Crippen molar-refractivity contribution >= 4 is 11.6 Å². The molecule has 0 amide bonds. The van der Waals surface area contributed by atoms with Gasteiger partial charge in [-0.1, -0.05) is 0 Å². The number of rotatable bonds is 2. The Hall–Kier alpha value is 0.170. The molecule has 3 aliphatic rings. The molecule has 0 N–H and O–H groups in total. The molecular weight excluding hydrogens is 204 g/mol. The maximum absolute atomic E-state index is 5.72. The van der Waals surface area contributed by atoms with Crippen molar-refractivity contribution in [1.82, 2.24) is 0 Å². The number of ether oxygens (including phenoxy) is 3. The van der Waals surface area contributed by atoms with Gasteiger partial charge in [-0.15, -0.1) is 11.6 Å². The van der Waals surface area contributed by atoms with E-state index in [0.717, 1.165) is 6.42 Å². The molecule has 80 valence electrons. The van der Waals surface area contributed by atoms with Gasteiger partial charge in [-0.3, -0.25) is 0 Å². The summed E-state index contributed by atoms with van der Waals surface area (Å²) in [7, 11) is 0. The molecule has 0 aromatic heterocycles. The summed E-state index contributed by atoms with van der Waals surface area (Å²) in [4.78, 5) is 0. The molecule has 5 atom stereocenters. The molecule has 0 bridgehead atoms. The maximum Gasteiger partial charge on any atom is 0.161 e. The molecule has 0 radical (unpaired) electrons. The van der Waals surface area contributed by atoms with Gasteiger partial charge in [0.2, 0.25) is 0 Å². The van der Waals surface area contributed by atoms with Crippen molar-refractivity contribution in [3.05, 3.63) is 0 Å². The third-order valence-electron chi connectivity index (χ3n) is 3.37. The van der Waals surface area contributed by atoms with Gasteiger partial charge in [0.25, 0.3) is 0 Å². The normalized spacial score (nSPS) is 51.6. The predicted molar refractivity (Wildman–Crippen MR) is 51.3 cm³/mol. The first-order valence-electron chi connectivity index (χ1n) is 5.35. The van der Waals surface area contributed by atoms with Crippen LogP contribution in [0.2, 0.25) is 0 Å². The van der Waals surface area contributed by atoms with Crippen LogP contribution in [0.4, 0.5) is 0 Å². The van der Waals surface area contributed by atoms with Crippen LogP contribution in [0.5, 0.6) is 0 Å². The van der Waals surface area contributed by atoms with Crippen LogP contribution in [-0.4, -0.2) is 37.1 Å². The van der Waals surface area contributed by atoms with Crippen LogP contribution in [0.3, 0.4) is 0 Å². The smallest absolute Gasteiger partial charge is 0.161 e. The maximum atomic E-state index is 5.72. The SMILES string of the molecule is ClCC1COC(C2CCC3OC3C2)O1. The zero-order chi connectivity index (χ0) is 9.54. The van der Waals surface area contributed by atoms with Gasteiger partial charge in [0.05, 0.1) is 30.8 Å². The van der Waals surface area contributed by atoms with Crippen LogP contribution in [0.1, 0.15) is 19.3 Å². The van der Waals surface area contributed by atoms with E-state index in [1.54, 1.807) is 0 Å². The molecule has 3 rings (SSSR count). The average molecular weight is 219 g/mol. The summed E-state index contributed by atoms with van der Waals surface area (Å²) in [5, 5.41) is 0. The zero-order valence-corrected chi connectivity index (χ0v) is 8.78. The predicted octanol–water partition coefficient (Wildman–Crippen LogP) is 1.53. The first-order valence-corrected chi connectivity index (χ1v) is 5.89. The first-order chi connectivity index (χ1) is 6.86. The Bertz CT molecular complexity index is 223. The lowest BCUT2D eigenvalue weighted by Crippen LogP contribution is -2.27. The van der Waals surface area contributed by atoms with Gasteiger partial charge < -0.3 is 14.2 Å². The molecule has 0 aromatic rings. The van der Waals surface area contributed by atoms with Crippen LogP contribution < -0.4 is 0 Å². The van der Waals surface area contributed by atoms with E-state index < -0.39 is 0 Å². The van der Waals surface area contributed by atoms with Gasteiger partial charge >= 0.3 is 0 Å². The Kier molecular flexibility index (Phi) is 2.44. The molecule has 3 fully saturated rings. The number of hydrogen-bond acceptors (Lipinski definition) is 3. The van der Waals surface area contributed by atoms with E-state index in [9.17, 15) is 0 Å². The van der Waals surface area contributed by atoms with Crippen LogP contribution >= 0.6 is 11.6 Å². The second-order valence-electron chi connectivity index (χ2n) is 4.40. The van der Waals surface area contributed by atoms with Crippen molar-refractivity contribution in [1.29, 1.82) is 0 Å². The van der Waals surface area contributed by atoms with E-state index in [0.29, 0.717) is 30.6 Å². The van der Waals surface area contributed by atoms with Crippen molar-refractivity contribution < 1.29 is 14.2 Å². The van der Waals surface area contributed by atoms with Gasteiger partial charge in [-0.05, 0) is 19.3 Å². The van der Waals surface area contributed by atoms with Crippen molar-refractivity contribution in [3.8, 4) is 0 Å². The molecule has 0 spiro atoms. The van der Waals surface area contributed by atoms with E-state index in [2.05, 4.69) is 0 Å². The number of alkyl halides is 1. The zero-order valence-electron chi connectivity index (χ0n) is 8.02. The van der Waals surface area contributed by atoms with E-state index >= 15 is 0 Å². The largest absolute Gasteiger partial charge is 0.370 e. The second-order valence-corrected chi connectivity index (χ2v) is 4.71. The van der Waals surface area contributed by atoms with Crippen LogP contribution in [-0.2, 0) is 14.2 Å². The molecule has 3 nitrogen and oxygen atoms in total. The number of fused-ring (bicyclic) bond motifs is 1. The molecule has 2 aliphatic heterocycles. The third kappa shape index (κ3) is 1.67. The standard InChI is InChI=1S/C10H15ClO3/c11-4-7-5-12-10(13-7)6-1-2-8-9(3-6)14-8/h6-10H,1-5H2. The molecule has 2 saturated heterocycles. The lowest BCUT2D eigenvalue weighted by atomic mass is 9.89. The second kappa shape index (κ2) is 3.63. The molecule has 1 saturated carbocycles. The molecule has 2 heterocycles. The van der Waals surface area contributed by atoms with Crippen LogP contribution in [0.15, 0.2) is 0 Å². The summed E-state index contributed by atoms with van der Waals surface area (Å²) < 4.78 is 16.8. The highest BCUT2D eigenvalue weighted by molar-refractivity contribution is 6.18. The summed E-state index contributed by atoms with van der Waals surface area (Å²) >= 11 is 5.72. The average Bonchev–Trinajstić information content (AvgIpc) is 2.84. The van der Waals surface area contributed by atoms with Crippen molar-refractivity contribution in [2.75, 3.05) is 12.5 Å². The minimum Gasteiger partial charge on any atom is -0.370 e. The van der Waals surface area contributed by atoms with Gasteiger partial charge in [-0.25, -0.2) is 0 Å². The Morgan fingerprint density at radius 3 is 2.79 bits per heavy atom. The van der Waals surface area contributed by atoms with Gasteiger partial charge in [0.15, 0.2) is 6.29 Å². The molecule has 4 heteroatoms. The van der Waals surface area contributed by atoms with Gasteiger partial charge in [0.1, 0.15) is 0 Å². The Morgan fingerprint density at radius 2 is 2.07 bits per heavy atom. The quantitative estimate of drug-likeness (QED) is 0.520. The molecule has 5 unspecified atom stereocenters. The van der Waals surface area contributed by atoms with Crippen molar-refractivity contribution in [3.63, 3.8) is 0 Å². The first kappa shape index (κ1) is 9.40. The molecule has 0 aromatic carbocycles. The fourth-order valence-corrected chi connectivity index (χ4v) is 2.64. The Balaban J connectivity index is 1.55. The topological polar surface area (TPSA) is 31.0 Å². The van der Waals surface area contributed by atoms with E-state index in [-0.39, 0.29) is 12.4 Å². The number of hydrogen-bond donors (Lipinski definition) is 0. The van der Waals surface area contributed by atoms with Crippen molar-refractivity contribution in [2.45, 2.75) is 43.9 Å². The highest BCUT2D eigenvalue weighted by Gasteiger charge is 2.47. The summed E-state index contributed by atoms with van der Waals surface area (Å²) in [6.45, 7) is 0.652. The highest BCUT2D eigenvalue weighted by atomic mass is 35.5. The minimum absolute atomic E-state index is 0.0242. The van der Waals surface area contributed by atoms with E-state index in [4.69, 9.17) is 25.8 Å². The Labute approximate surface area is 88.7 Å². The number of halogens is 1. The fourth-order valence-electron chi connectivity index (χ4n) is 2.48. The summed E-state index contributed by atoms with van der Waals surface area (Å²) in [5.41, 5.74) is 0. The summed E-state index contributed by atoms with van der Waals surface area (Å²) in [5.74, 6) is 1.05. The van der Waals surface area contributed by atoms with Crippen LogP contribution in [0.25, 0.3) is 0 Å². The van der Waals surface area contributed by atoms with Gasteiger partial charge in [-0.2, -0.15) is 0 Å². The summed E-state index contributed by atoms with van der Waals surface area (Å²) in [6.07, 6.45) is 4.56. The van der Waals surface area contributed by atoms with Crippen LogP contribution in [0, 0.1) is 5.92 Å².